The summed E-state index contributed by atoms with van der Waals surface area (Å²) in [6, 6.07) is 12.0. The molecule has 1 aromatic heterocycles. The van der Waals surface area contributed by atoms with Crippen molar-refractivity contribution in [1.82, 2.24) is 10.3 Å². The van der Waals surface area contributed by atoms with E-state index in [1.54, 1.807) is 49.5 Å². The number of ketones is 1. The number of aromatic nitrogens is 1. The average molecular weight is 337 g/mol. The predicted molar refractivity (Wildman–Crippen MR) is 94.9 cm³/mol. The average Bonchev–Trinajstić information content (AvgIpc) is 2.60. The van der Waals surface area contributed by atoms with Gasteiger partial charge < -0.3 is 10.6 Å². The van der Waals surface area contributed by atoms with Crippen molar-refractivity contribution < 1.29 is 14.4 Å². The zero-order valence-corrected chi connectivity index (χ0v) is 14.1. The summed E-state index contributed by atoms with van der Waals surface area (Å²) < 4.78 is 0. The minimum Gasteiger partial charge on any atom is -0.347 e. The smallest absolute Gasteiger partial charge is 0.248 e. The van der Waals surface area contributed by atoms with Crippen LogP contribution in [0.2, 0.25) is 0 Å². The van der Waals surface area contributed by atoms with Gasteiger partial charge in [-0.05, 0) is 50.2 Å². The summed E-state index contributed by atoms with van der Waals surface area (Å²) in [5, 5.41) is 5.35. The molecule has 0 saturated heterocycles. The number of Topliss-reactive ketones (excluding diaryl/α,β-unsaturated/α-hetero) is 1. The lowest BCUT2D eigenvalue weighted by molar-refractivity contribution is -0.118. The summed E-state index contributed by atoms with van der Waals surface area (Å²) in [5.41, 5.74) is 2.14. The first-order valence-corrected chi connectivity index (χ1v) is 7.74. The van der Waals surface area contributed by atoms with Gasteiger partial charge in [0.1, 0.15) is 0 Å². The summed E-state index contributed by atoms with van der Waals surface area (Å²) in [7, 11) is 0. The van der Waals surface area contributed by atoms with E-state index in [-0.39, 0.29) is 17.3 Å². The number of hydrogen-bond acceptors (Lipinski definition) is 4. The molecule has 1 heterocycles. The van der Waals surface area contributed by atoms with E-state index in [2.05, 4.69) is 15.6 Å². The zero-order chi connectivity index (χ0) is 18.2. The second-order valence-corrected chi connectivity index (χ2v) is 5.45. The molecular formula is C19H19N3O3. The van der Waals surface area contributed by atoms with Crippen LogP contribution in [-0.4, -0.2) is 22.6 Å². The van der Waals surface area contributed by atoms with Gasteiger partial charge in [-0.3, -0.25) is 19.4 Å². The molecule has 0 fully saturated rings. The van der Waals surface area contributed by atoms with Gasteiger partial charge in [0, 0.05) is 29.1 Å². The monoisotopic (exact) mass is 337 g/mol. The number of pyridine rings is 1. The summed E-state index contributed by atoms with van der Waals surface area (Å²) in [4.78, 5) is 39.3. The number of carbonyl (C=O) groups is 3. The fraction of sp³-hybridized carbons (Fsp3) is 0.158. The van der Waals surface area contributed by atoms with E-state index in [1.807, 2.05) is 6.07 Å². The lowest BCUT2D eigenvalue weighted by Crippen LogP contribution is -2.25. The number of anilines is 1. The third kappa shape index (κ3) is 5.69. The Morgan fingerprint density at radius 3 is 2.36 bits per heavy atom. The van der Waals surface area contributed by atoms with Crippen LogP contribution in [0.5, 0.6) is 0 Å². The molecule has 0 saturated carbocycles. The van der Waals surface area contributed by atoms with Gasteiger partial charge in [-0.1, -0.05) is 6.07 Å². The second-order valence-electron chi connectivity index (χ2n) is 5.45. The number of rotatable bonds is 6. The Balaban J connectivity index is 1.90. The van der Waals surface area contributed by atoms with E-state index in [4.69, 9.17) is 0 Å². The highest BCUT2D eigenvalue weighted by molar-refractivity contribution is 6.06. The molecule has 2 amide bonds. The van der Waals surface area contributed by atoms with Crippen LogP contribution in [0.3, 0.4) is 0 Å². The molecule has 2 rings (SSSR count). The number of carbonyl (C=O) groups excluding carboxylic acids is 3. The van der Waals surface area contributed by atoms with Gasteiger partial charge in [0.15, 0.2) is 5.78 Å². The quantitative estimate of drug-likeness (QED) is 0.626. The molecule has 6 heteroatoms. The maximum atomic E-state index is 12.0. The van der Waals surface area contributed by atoms with Crippen molar-refractivity contribution in [2.75, 3.05) is 5.32 Å². The van der Waals surface area contributed by atoms with Crippen LogP contribution < -0.4 is 10.6 Å². The topological polar surface area (TPSA) is 88.2 Å². The van der Waals surface area contributed by atoms with Crippen LogP contribution in [-0.2, 0) is 16.1 Å². The van der Waals surface area contributed by atoms with Crippen molar-refractivity contribution in [2.45, 2.75) is 20.4 Å². The van der Waals surface area contributed by atoms with E-state index in [1.165, 1.54) is 13.0 Å². The van der Waals surface area contributed by atoms with Gasteiger partial charge in [-0.2, -0.15) is 0 Å². The van der Waals surface area contributed by atoms with Gasteiger partial charge in [-0.15, -0.1) is 0 Å². The van der Waals surface area contributed by atoms with Crippen LogP contribution in [0.25, 0.3) is 0 Å². The van der Waals surface area contributed by atoms with Crippen LogP contribution in [0.1, 0.15) is 29.9 Å². The third-order valence-corrected chi connectivity index (χ3v) is 3.42. The van der Waals surface area contributed by atoms with Crippen molar-refractivity contribution >= 4 is 23.3 Å². The molecule has 128 valence electrons. The first-order chi connectivity index (χ1) is 12.0. The standard InChI is InChI=1S/C19H19N3O3/c1-13(19(25)21-12-17-5-3-4-10-20-17)11-18(24)22-16-8-6-15(7-9-16)14(2)23/h3-11H,12H2,1-2H3,(H,21,25)(H,22,24)/b13-11+. The predicted octanol–water partition coefficient (Wildman–Crippen LogP) is 2.49. The van der Waals surface area contributed by atoms with Crippen molar-refractivity contribution in [2.24, 2.45) is 0 Å². The lowest BCUT2D eigenvalue weighted by Gasteiger charge is -2.06. The Bertz CT molecular complexity index is 796. The number of nitrogens with zero attached hydrogens (tertiary/aromatic N) is 1. The molecule has 25 heavy (non-hydrogen) atoms. The summed E-state index contributed by atoms with van der Waals surface area (Å²) >= 11 is 0. The minimum absolute atomic E-state index is 0.0433. The first-order valence-electron chi connectivity index (χ1n) is 7.74. The molecule has 0 aliphatic heterocycles. The van der Waals surface area contributed by atoms with E-state index in [0.29, 0.717) is 17.8 Å². The van der Waals surface area contributed by atoms with Gasteiger partial charge in [0.05, 0.1) is 12.2 Å². The van der Waals surface area contributed by atoms with Crippen LogP contribution in [0.15, 0.2) is 60.3 Å². The molecule has 0 unspecified atom stereocenters. The molecule has 0 atom stereocenters. The van der Waals surface area contributed by atoms with Gasteiger partial charge in [-0.25, -0.2) is 0 Å². The van der Waals surface area contributed by atoms with Crippen molar-refractivity contribution in [1.29, 1.82) is 0 Å². The normalized spacial score (nSPS) is 10.9. The van der Waals surface area contributed by atoms with Crippen molar-refractivity contribution in [3.05, 3.63) is 71.6 Å². The largest absolute Gasteiger partial charge is 0.347 e. The zero-order valence-electron chi connectivity index (χ0n) is 14.1. The Kier molecular flexibility index (Phi) is 6.17. The molecule has 6 nitrogen and oxygen atoms in total. The Labute approximate surface area is 146 Å². The molecule has 2 N–H and O–H groups in total. The molecule has 0 aliphatic rings. The maximum absolute atomic E-state index is 12.0. The van der Waals surface area contributed by atoms with E-state index in [0.717, 1.165) is 5.69 Å². The number of benzene rings is 1. The van der Waals surface area contributed by atoms with Crippen LogP contribution >= 0.6 is 0 Å². The van der Waals surface area contributed by atoms with E-state index in [9.17, 15) is 14.4 Å². The van der Waals surface area contributed by atoms with E-state index >= 15 is 0 Å². The third-order valence-electron chi connectivity index (χ3n) is 3.42. The van der Waals surface area contributed by atoms with Crippen molar-refractivity contribution in [3.63, 3.8) is 0 Å². The van der Waals surface area contributed by atoms with Crippen LogP contribution in [0, 0.1) is 0 Å². The lowest BCUT2D eigenvalue weighted by atomic mass is 10.1. The Morgan fingerprint density at radius 1 is 1.04 bits per heavy atom. The highest BCUT2D eigenvalue weighted by Crippen LogP contribution is 2.10. The first kappa shape index (κ1) is 18.1. The Morgan fingerprint density at radius 2 is 1.76 bits per heavy atom. The molecule has 1 aromatic carbocycles. The summed E-state index contributed by atoms with van der Waals surface area (Å²) in [6.45, 7) is 3.33. The fourth-order valence-corrected chi connectivity index (χ4v) is 2.04. The second kappa shape index (κ2) is 8.54. The Hall–Kier alpha value is -3.28. The molecular weight excluding hydrogens is 318 g/mol. The molecule has 0 spiro atoms. The SMILES string of the molecule is CC(=O)c1ccc(NC(=O)/C=C(\C)C(=O)NCc2ccccn2)cc1. The number of amides is 2. The van der Waals surface area contributed by atoms with Gasteiger partial charge in [0.2, 0.25) is 11.8 Å². The number of hydrogen-bond donors (Lipinski definition) is 2. The summed E-state index contributed by atoms with van der Waals surface area (Å²) in [5.74, 6) is -0.799. The number of nitrogens with one attached hydrogen (secondary N) is 2. The van der Waals surface area contributed by atoms with Gasteiger partial charge >= 0.3 is 0 Å². The van der Waals surface area contributed by atoms with E-state index < -0.39 is 5.91 Å². The van der Waals surface area contributed by atoms with Gasteiger partial charge in [0.25, 0.3) is 0 Å². The molecule has 2 aromatic rings. The highest BCUT2D eigenvalue weighted by atomic mass is 16.2. The summed E-state index contributed by atoms with van der Waals surface area (Å²) in [6.07, 6.45) is 2.88. The molecule has 0 aliphatic carbocycles. The molecule has 0 radical (unpaired) electrons. The fourth-order valence-electron chi connectivity index (χ4n) is 2.04. The maximum Gasteiger partial charge on any atom is 0.248 e. The van der Waals surface area contributed by atoms with Crippen LogP contribution in [0.4, 0.5) is 5.69 Å². The highest BCUT2D eigenvalue weighted by Gasteiger charge is 2.07. The molecule has 0 bridgehead atoms. The minimum atomic E-state index is -0.416. The van der Waals surface area contributed by atoms with Crippen molar-refractivity contribution in [3.8, 4) is 0 Å².